The molecule has 0 bridgehead atoms. The van der Waals surface area contributed by atoms with Gasteiger partial charge < -0.3 is 10.1 Å². The summed E-state index contributed by atoms with van der Waals surface area (Å²) in [6, 6.07) is 12.7. The first kappa shape index (κ1) is 14.8. The molecule has 2 rings (SSSR count). The van der Waals surface area contributed by atoms with E-state index in [0.717, 1.165) is 11.3 Å². The van der Waals surface area contributed by atoms with Crippen LogP contribution in [0.4, 0.5) is 4.39 Å². The molecular weight excluding hydrogens is 277 g/mol. The van der Waals surface area contributed by atoms with Crippen molar-refractivity contribution in [3.05, 3.63) is 64.4 Å². The molecule has 2 nitrogen and oxygen atoms in total. The molecule has 0 spiro atoms. The third-order valence-corrected chi connectivity index (χ3v) is 3.46. The maximum Gasteiger partial charge on any atom is 0.129 e. The minimum Gasteiger partial charge on any atom is -0.497 e. The summed E-state index contributed by atoms with van der Waals surface area (Å²) in [5, 5.41) is 3.70. The van der Waals surface area contributed by atoms with Gasteiger partial charge in [0, 0.05) is 23.2 Å². The van der Waals surface area contributed by atoms with E-state index in [2.05, 4.69) is 5.32 Å². The van der Waals surface area contributed by atoms with Gasteiger partial charge in [0.1, 0.15) is 11.6 Å². The standard InChI is InChI=1S/C16H17ClFNO/c1-11(12-4-7-15(20-2)8-5-12)19-10-13-3-6-14(17)9-16(13)18/h3-9,11,19H,10H2,1-2H3/t11-/m0/s1. The monoisotopic (exact) mass is 293 g/mol. The summed E-state index contributed by atoms with van der Waals surface area (Å²) in [6.07, 6.45) is 0. The number of ether oxygens (including phenoxy) is 1. The number of nitrogens with one attached hydrogen (secondary N) is 1. The molecule has 106 valence electrons. The Bertz CT molecular complexity index is 571. The van der Waals surface area contributed by atoms with Gasteiger partial charge in [-0.2, -0.15) is 0 Å². The van der Waals surface area contributed by atoms with Gasteiger partial charge in [0.25, 0.3) is 0 Å². The molecule has 0 unspecified atom stereocenters. The van der Waals surface area contributed by atoms with Crippen molar-refractivity contribution < 1.29 is 9.13 Å². The lowest BCUT2D eigenvalue weighted by atomic mass is 10.1. The number of benzene rings is 2. The largest absolute Gasteiger partial charge is 0.497 e. The SMILES string of the molecule is COc1ccc([C@H](C)NCc2ccc(Cl)cc2F)cc1. The first-order valence-corrected chi connectivity index (χ1v) is 6.79. The number of halogens is 2. The van der Waals surface area contributed by atoms with Crippen LogP contribution in [-0.2, 0) is 6.54 Å². The van der Waals surface area contributed by atoms with Crippen LogP contribution >= 0.6 is 11.6 Å². The van der Waals surface area contributed by atoms with Crippen LogP contribution in [-0.4, -0.2) is 7.11 Å². The van der Waals surface area contributed by atoms with Gasteiger partial charge in [-0.05, 0) is 36.8 Å². The van der Waals surface area contributed by atoms with E-state index in [0.29, 0.717) is 17.1 Å². The molecule has 0 saturated heterocycles. The fourth-order valence-electron chi connectivity index (χ4n) is 1.94. The molecule has 0 amide bonds. The van der Waals surface area contributed by atoms with Gasteiger partial charge in [0.05, 0.1) is 7.11 Å². The van der Waals surface area contributed by atoms with E-state index in [1.54, 1.807) is 19.2 Å². The zero-order chi connectivity index (χ0) is 14.5. The van der Waals surface area contributed by atoms with Crippen LogP contribution in [0.2, 0.25) is 5.02 Å². The summed E-state index contributed by atoms with van der Waals surface area (Å²) in [5.41, 5.74) is 1.73. The van der Waals surface area contributed by atoms with Crippen LogP contribution in [0.25, 0.3) is 0 Å². The molecule has 0 aliphatic rings. The smallest absolute Gasteiger partial charge is 0.129 e. The molecule has 0 radical (unpaired) electrons. The average molecular weight is 294 g/mol. The van der Waals surface area contributed by atoms with Gasteiger partial charge >= 0.3 is 0 Å². The maximum absolute atomic E-state index is 13.7. The van der Waals surface area contributed by atoms with Crippen molar-refractivity contribution in [2.45, 2.75) is 19.5 Å². The highest BCUT2D eigenvalue weighted by Crippen LogP contribution is 2.19. The second-order valence-electron chi connectivity index (χ2n) is 4.61. The van der Waals surface area contributed by atoms with E-state index in [1.807, 2.05) is 31.2 Å². The summed E-state index contributed by atoms with van der Waals surface area (Å²) in [7, 11) is 1.64. The van der Waals surface area contributed by atoms with E-state index in [-0.39, 0.29) is 11.9 Å². The highest BCUT2D eigenvalue weighted by Gasteiger charge is 2.07. The molecule has 2 aromatic carbocycles. The van der Waals surface area contributed by atoms with Crippen molar-refractivity contribution in [3.63, 3.8) is 0 Å². The number of hydrogen-bond donors (Lipinski definition) is 1. The van der Waals surface area contributed by atoms with Crippen molar-refractivity contribution in [3.8, 4) is 5.75 Å². The number of methoxy groups -OCH3 is 1. The second-order valence-corrected chi connectivity index (χ2v) is 5.05. The first-order chi connectivity index (χ1) is 9.60. The Morgan fingerprint density at radius 2 is 1.90 bits per heavy atom. The molecule has 0 aliphatic carbocycles. The lowest BCUT2D eigenvalue weighted by Gasteiger charge is -2.15. The Morgan fingerprint density at radius 1 is 1.20 bits per heavy atom. The molecule has 20 heavy (non-hydrogen) atoms. The molecule has 2 aromatic rings. The Kier molecular flexibility index (Phi) is 4.99. The zero-order valence-electron chi connectivity index (χ0n) is 11.5. The Morgan fingerprint density at radius 3 is 2.50 bits per heavy atom. The van der Waals surface area contributed by atoms with Crippen LogP contribution in [0.5, 0.6) is 5.75 Å². The normalized spacial score (nSPS) is 12.2. The minimum absolute atomic E-state index is 0.121. The van der Waals surface area contributed by atoms with Gasteiger partial charge in [0.2, 0.25) is 0 Å². The molecule has 0 aromatic heterocycles. The van der Waals surface area contributed by atoms with Crippen molar-refractivity contribution >= 4 is 11.6 Å². The van der Waals surface area contributed by atoms with Crippen LogP contribution < -0.4 is 10.1 Å². The second kappa shape index (κ2) is 6.73. The zero-order valence-corrected chi connectivity index (χ0v) is 12.2. The highest BCUT2D eigenvalue weighted by molar-refractivity contribution is 6.30. The van der Waals surface area contributed by atoms with E-state index in [1.165, 1.54) is 6.07 Å². The summed E-state index contributed by atoms with van der Waals surface area (Å²) in [4.78, 5) is 0. The van der Waals surface area contributed by atoms with Crippen LogP contribution in [0.3, 0.4) is 0 Å². The summed E-state index contributed by atoms with van der Waals surface area (Å²) >= 11 is 5.73. The third kappa shape index (κ3) is 3.71. The maximum atomic E-state index is 13.7. The Hall–Kier alpha value is -1.58. The Balaban J connectivity index is 1.98. The van der Waals surface area contributed by atoms with Gasteiger partial charge in [-0.25, -0.2) is 4.39 Å². The van der Waals surface area contributed by atoms with Gasteiger partial charge in [-0.15, -0.1) is 0 Å². The first-order valence-electron chi connectivity index (χ1n) is 6.41. The fraction of sp³-hybridized carbons (Fsp3) is 0.250. The van der Waals surface area contributed by atoms with Crippen molar-refractivity contribution in [1.29, 1.82) is 0 Å². The van der Waals surface area contributed by atoms with Gasteiger partial charge in [0.15, 0.2) is 0 Å². The average Bonchev–Trinajstić information content (AvgIpc) is 2.46. The van der Waals surface area contributed by atoms with Crippen LogP contribution in [0.1, 0.15) is 24.1 Å². The third-order valence-electron chi connectivity index (χ3n) is 3.23. The van der Waals surface area contributed by atoms with Crippen molar-refractivity contribution in [1.82, 2.24) is 5.32 Å². The summed E-state index contributed by atoms with van der Waals surface area (Å²) in [5.74, 6) is 0.539. The number of rotatable bonds is 5. The van der Waals surface area contributed by atoms with E-state index in [9.17, 15) is 4.39 Å². The minimum atomic E-state index is -0.285. The molecule has 0 fully saturated rings. The van der Waals surface area contributed by atoms with Crippen molar-refractivity contribution in [2.24, 2.45) is 0 Å². The fourth-order valence-corrected chi connectivity index (χ4v) is 2.10. The molecule has 1 N–H and O–H groups in total. The molecule has 4 heteroatoms. The van der Waals surface area contributed by atoms with Crippen LogP contribution in [0.15, 0.2) is 42.5 Å². The van der Waals surface area contributed by atoms with Gasteiger partial charge in [-0.1, -0.05) is 29.8 Å². The highest BCUT2D eigenvalue weighted by atomic mass is 35.5. The van der Waals surface area contributed by atoms with Crippen molar-refractivity contribution in [2.75, 3.05) is 7.11 Å². The number of hydrogen-bond acceptors (Lipinski definition) is 2. The van der Waals surface area contributed by atoms with E-state index < -0.39 is 0 Å². The summed E-state index contributed by atoms with van der Waals surface area (Å²) in [6.45, 7) is 2.49. The quantitative estimate of drug-likeness (QED) is 0.885. The lowest BCUT2D eigenvalue weighted by molar-refractivity contribution is 0.414. The molecule has 0 saturated carbocycles. The molecule has 0 aliphatic heterocycles. The van der Waals surface area contributed by atoms with Crippen LogP contribution in [0, 0.1) is 5.82 Å². The topological polar surface area (TPSA) is 21.3 Å². The predicted octanol–water partition coefficient (Wildman–Crippen LogP) is 4.34. The van der Waals surface area contributed by atoms with E-state index >= 15 is 0 Å². The summed E-state index contributed by atoms with van der Waals surface area (Å²) < 4.78 is 18.8. The molecule has 1 atom stereocenters. The molecule has 0 heterocycles. The molecular formula is C16H17ClFNO. The Labute approximate surface area is 123 Å². The predicted molar refractivity (Wildman–Crippen MR) is 79.7 cm³/mol. The van der Waals surface area contributed by atoms with E-state index in [4.69, 9.17) is 16.3 Å². The lowest BCUT2D eigenvalue weighted by Crippen LogP contribution is -2.18. The van der Waals surface area contributed by atoms with Gasteiger partial charge in [-0.3, -0.25) is 0 Å².